The number of fused-ring (bicyclic) bond motifs is 1. The van der Waals surface area contributed by atoms with Crippen molar-refractivity contribution in [3.63, 3.8) is 0 Å². The molecule has 5 nitrogen and oxygen atoms in total. The molecule has 0 aromatic heterocycles. The Morgan fingerprint density at radius 2 is 1.59 bits per heavy atom. The van der Waals surface area contributed by atoms with Gasteiger partial charge in [0.1, 0.15) is 5.25 Å². The molecule has 140 valence electrons. The van der Waals surface area contributed by atoms with Gasteiger partial charge in [-0.3, -0.25) is 4.79 Å². The lowest BCUT2D eigenvalue weighted by Gasteiger charge is -2.20. The molecule has 2 N–H and O–H groups in total. The molecule has 0 aliphatic carbocycles. The van der Waals surface area contributed by atoms with Crippen molar-refractivity contribution < 1.29 is 13.2 Å². The summed E-state index contributed by atoms with van der Waals surface area (Å²) in [7, 11) is -1.82. The number of anilines is 2. The minimum atomic E-state index is -3.80. The van der Waals surface area contributed by atoms with Gasteiger partial charge in [-0.1, -0.05) is 37.3 Å². The van der Waals surface area contributed by atoms with Crippen molar-refractivity contribution in [2.75, 3.05) is 11.9 Å². The lowest BCUT2D eigenvalue weighted by molar-refractivity contribution is -0.117. The summed E-state index contributed by atoms with van der Waals surface area (Å²) < 4.78 is 25.4. The van der Waals surface area contributed by atoms with E-state index in [9.17, 15) is 13.2 Å². The first-order chi connectivity index (χ1) is 12.8. The van der Waals surface area contributed by atoms with Gasteiger partial charge >= 0.3 is 0 Å². The molecule has 1 unspecified atom stereocenters. The van der Waals surface area contributed by atoms with Crippen LogP contribution in [0, 0.1) is 0 Å². The minimum absolute atomic E-state index is 0.116. The van der Waals surface area contributed by atoms with E-state index in [4.69, 9.17) is 5.73 Å². The van der Waals surface area contributed by atoms with E-state index in [0.717, 1.165) is 22.1 Å². The van der Waals surface area contributed by atoms with E-state index in [1.807, 2.05) is 55.6 Å². The first kappa shape index (κ1) is 18.9. The summed E-state index contributed by atoms with van der Waals surface area (Å²) in [5.41, 5.74) is 7.32. The van der Waals surface area contributed by atoms with E-state index < -0.39 is 21.0 Å². The molecule has 3 aromatic rings. The van der Waals surface area contributed by atoms with Crippen LogP contribution in [0.3, 0.4) is 0 Å². The number of hydrogen-bond acceptors (Lipinski definition) is 4. The van der Waals surface area contributed by atoms with E-state index in [2.05, 4.69) is 4.90 Å². The average Bonchev–Trinajstić information content (AvgIpc) is 2.67. The SMILES string of the molecule is CCC(C(N)=O)S(=O)(=O)c1ccc2cc(N(C)c3ccccc3)ccc2c1. The molecule has 1 amide bonds. The maximum atomic E-state index is 12.7. The lowest BCUT2D eigenvalue weighted by atomic mass is 10.1. The monoisotopic (exact) mass is 382 g/mol. The fraction of sp³-hybridized carbons (Fsp3) is 0.190. The van der Waals surface area contributed by atoms with Crippen LogP contribution in [0.5, 0.6) is 0 Å². The Hall–Kier alpha value is -2.86. The summed E-state index contributed by atoms with van der Waals surface area (Å²) >= 11 is 0. The molecule has 0 bridgehead atoms. The minimum Gasteiger partial charge on any atom is -0.369 e. The van der Waals surface area contributed by atoms with Crippen LogP contribution in [0.2, 0.25) is 0 Å². The van der Waals surface area contributed by atoms with E-state index in [0.29, 0.717) is 0 Å². The third kappa shape index (κ3) is 3.66. The molecule has 0 saturated carbocycles. The normalized spacial score (nSPS) is 12.7. The van der Waals surface area contributed by atoms with E-state index >= 15 is 0 Å². The van der Waals surface area contributed by atoms with Crippen LogP contribution in [-0.4, -0.2) is 26.6 Å². The summed E-state index contributed by atoms with van der Waals surface area (Å²) in [5.74, 6) is -0.822. The van der Waals surface area contributed by atoms with Gasteiger partial charge in [0.05, 0.1) is 4.90 Å². The van der Waals surface area contributed by atoms with Crippen molar-refractivity contribution in [1.82, 2.24) is 0 Å². The van der Waals surface area contributed by atoms with Gasteiger partial charge in [-0.15, -0.1) is 0 Å². The maximum Gasteiger partial charge on any atom is 0.236 e. The first-order valence-electron chi connectivity index (χ1n) is 8.70. The van der Waals surface area contributed by atoms with Crippen LogP contribution in [0.1, 0.15) is 13.3 Å². The highest BCUT2D eigenvalue weighted by atomic mass is 32.2. The highest BCUT2D eigenvalue weighted by molar-refractivity contribution is 7.92. The number of benzene rings is 3. The van der Waals surface area contributed by atoms with Crippen LogP contribution in [0.4, 0.5) is 11.4 Å². The molecular weight excluding hydrogens is 360 g/mol. The zero-order valence-corrected chi connectivity index (χ0v) is 16.1. The highest BCUT2D eigenvalue weighted by Crippen LogP contribution is 2.29. The zero-order valence-electron chi connectivity index (χ0n) is 15.3. The Kier molecular flexibility index (Phi) is 5.19. The Labute approximate surface area is 159 Å². The number of carbonyl (C=O) groups excluding carboxylic acids is 1. The van der Waals surface area contributed by atoms with E-state index in [1.165, 1.54) is 6.07 Å². The van der Waals surface area contributed by atoms with E-state index in [-0.39, 0.29) is 11.3 Å². The quantitative estimate of drug-likeness (QED) is 0.706. The Bertz CT molecular complexity index is 1080. The van der Waals surface area contributed by atoms with Crippen LogP contribution in [-0.2, 0) is 14.6 Å². The molecule has 3 rings (SSSR count). The number of nitrogens with zero attached hydrogens (tertiary/aromatic N) is 1. The molecular formula is C21H22N2O3S. The predicted octanol–water partition coefficient (Wildman–Crippen LogP) is 3.65. The van der Waals surface area contributed by atoms with Crippen LogP contribution in [0.15, 0.2) is 71.6 Å². The summed E-state index contributed by atoms with van der Waals surface area (Å²) in [5, 5.41) is 0.500. The molecule has 27 heavy (non-hydrogen) atoms. The smallest absolute Gasteiger partial charge is 0.236 e. The molecule has 0 heterocycles. The topological polar surface area (TPSA) is 80.5 Å². The Morgan fingerprint density at radius 3 is 2.22 bits per heavy atom. The van der Waals surface area contributed by atoms with Gasteiger partial charge in [-0.25, -0.2) is 8.42 Å². The fourth-order valence-electron chi connectivity index (χ4n) is 3.14. The standard InChI is InChI=1S/C21H22N2O3S/c1-3-20(21(22)24)27(25,26)19-12-10-15-13-18(11-9-16(15)14-19)23(2)17-7-5-4-6-8-17/h4-14,20H,3H2,1-2H3,(H2,22,24). The highest BCUT2D eigenvalue weighted by Gasteiger charge is 2.30. The number of para-hydroxylation sites is 1. The van der Waals surface area contributed by atoms with Crippen molar-refractivity contribution in [2.45, 2.75) is 23.5 Å². The second kappa shape index (κ2) is 7.40. The Balaban J connectivity index is 2.00. The first-order valence-corrected chi connectivity index (χ1v) is 10.2. The zero-order chi connectivity index (χ0) is 19.6. The van der Waals surface area contributed by atoms with Gasteiger partial charge in [-0.2, -0.15) is 0 Å². The van der Waals surface area contributed by atoms with Crippen LogP contribution >= 0.6 is 0 Å². The van der Waals surface area contributed by atoms with Crippen LogP contribution in [0.25, 0.3) is 10.8 Å². The number of nitrogens with two attached hydrogens (primary N) is 1. The summed E-state index contributed by atoms with van der Waals surface area (Å²) in [4.78, 5) is 13.7. The van der Waals surface area contributed by atoms with Gasteiger partial charge in [0.25, 0.3) is 0 Å². The molecule has 1 atom stereocenters. The molecule has 6 heteroatoms. The Morgan fingerprint density at radius 1 is 0.963 bits per heavy atom. The fourth-order valence-corrected chi connectivity index (χ4v) is 4.76. The van der Waals surface area contributed by atoms with Gasteiger partial charge < -0.3 is 10.6 Å². The van der Waals surface area contributed by atoms with E-state index in [1.54, 1.807) is 19.1 Å². The molecule has 0 saturated heterocycles. The van der Waals surface area contributed by atoms with Gasteiger partial charge in [0, 0.05) is 18.4 Å². The number of amides is 1. The average molecular weight is 382 g/mol. The van der Waals surface area contributed by atoms with Crippen LogP contribution < -0.4 is 10.6 Å². The van der Waals surface area contributed by atoms with Crippen molar-refractivity contribution in [3.8, 4) is 0 Å². The number of primary amides is 1. The molecule has 3 aromatic carbocycles. The van der Waals surface area contributed by atoms with Crippen molar-refractivity contribution in [3.05, 3.63) is 66.7 Å². The molecule has 0 aliphatic rings. The number of carbonyl (C=O) groups is 1. The molecule has 0 radical (unpaired) electrons. The van der Waals surface area contributed by atoms with Crippen molar-refractivity contribution in [2.24, 2.45) is 5.73 Å². The number of sulfone groups is 1. The second-order valence-electron chi connectivity index (χ2n) is 6.43. The van der Waals surface area contributed by atoms with Crippen molar-refractivity contribution in [1.29, 1.82) is 0 Å². The second-order valence-corrected chi connectivity index (χ2v) is 8.56. The lowest BCUT2D eigenvalue weighted by Crippen LogP contribution is -2.35. The predicted molar refractivity (Wildman–Crippen MR) is 109 cm³/mol. The third-order valence-electron chi connectivity index (χ3n) is 4.72. The molecule has 0 aliphatic heterocycles. The third-order valence-corrected chi connectivity index (χ3v) is 6.94. The largest absolute Gasteiger partial charge is 0.369 e. The van der Waals surface area contributed by atoms with Gasteiger partial charge in [-0.05, 0) is 53.6 Å². The van der Waals surface area contributed by atoms with Gasteiger partial charge in [0.15, 0.2) is 9.84 Å². The van der Waals surface area contributed by atoms with Crippen molar-refractivity contribution >= 4 is 37.9 Å². The number of rotatable bonds is 6. The summed E-state index contributed by atoms with van der Waals surface area (Å²) in [6, 6.07) is 20.7. The number of hydrogen-bond donors (Lipinski definition) is 1. The molecule has 0 fully saturated rings. The summed E-state index contributed by atoms with van der Waals surface area (Å²) in [6.45, 7) is 1.64. The van der Waals surface area contributed by atoms with Gasteiger partial charge in [0.2, 0.25) is 5.91 Å². The summed E-state index contributed by atoms with van der Waals surface area (Å²) in [6.07, 6.45) is 0.149. The molecule has 0 spiro atoms. The maximum absolute atomic E-state index is 12.7.